The monoisotopic (exact) mass is 715 g/mol. The van der Waals surface area contributed by atoms with E-state index in [1.165, 1.54) is 77.5 Å². The van der Waals surface area contributed by atoms with Crippen LogP contribution in [0.5, 0.6) is 0 Å². The van der Waals surface area contributed by atoms with E-state index in [0.29, 0.717) is 0 Å². The predicted octanol–water partition coefficient (Wildman–Crippen LogP) is 15.3. The molecule has 1 nitrogen and oxygen atoms in total. The van der Waals surface area contributed by atoms with Crippen LogP contribution in [0.2, 0.25) is 0 Å². The number of hydrogen-bond acceptors (Lipinski definition) is 1. The van der Waals surface area contributed by atoms with Crippen LogP contribution in [0.1, 0.15) is 25.0 Å². The molecule has 9 aromatic carbocycles. The Hall–Kier alpha value is -6.96. The van der Waals surface area contributed by atoms with Gasteiger partial charge in [-0.05, 0) is 108 Å². The van der Waals surface area contributed by atoms with Gasteiger partial charge in [-0.3, -0.25) is 0 Å². The maximum Gasteiger partial charge on any atom is 0.0540 e. The van der Waals surface area contributed by atoms with Gasteiger partial charge in [0.15, 0.2) is 0 Å². The summed E-state index contributed by atoms with van der Waals surface area (Å²) in [5.74, 6) is 0. The van der Waals surface area contributed by atoms with Crippen molar-refractivity contribution in [1.29, 1.82) is 0 Å². The summed E-state index contributed by atoms with van der Waals surface area (Å²) in [5.41, 5.74) is 18.3. The first-order valence-corrected chi connectivity index (χ1v) is 19.5. The lowest BCUT2D eigenvalue weighted by Gasteiger charge is -2.30. The van der Waals surface area contributed by atoms with E-state index in [0.717, 1.165) is 17.1 Å². The van der Waals surface area contributed by atoms with Crippen molar-refractivity contribution < 1.29 is 0 Å². The largest absolute Gasteiger partial charge is 0.310 e. The SMILES string of the molecule is CC1(C)c2ccccc2-c2ccc(N(c3ccc(-c4ccc(-c5ccccc5)cc4)cc3)c3ccccc3-c3cccc(-c4cccc5ccccc45)c3)cc21. The van der Waals surface area contributed by atoms with Crippen LogP contribution in [-0.4, -0.2) is 0 Å². The Morgan fingerprint density at radius 1 is 0.321 bits per heavy atom. The lowest BCUT2D eigenvalue weighted by Crippen LogP contribution is -2.16. The van der Waals surface area contributed by atoms with Gasteiger partial charge >= 0.3 is 0 Å². The second-order valence-electron chi connectivity index (χ2n) is 15.4. The van der Waals surface area contributed by atoms with Crippen LogP contribution in [-0.2, 0) is 5.41 Å². The molecule has 0 spiro atoms. The second kappa shape index (κ2) is 13.7. The Morgan fingerprint density at radius 3 is 1.59 bits per heavy atom. The molecule has 1 aliphatic rings. The molecule has 0 N–H and O–H groups in total. The van der Waals surface area contributed by atoms with Crippen molar-refractivity contribution in [3.05, 3.63) is 223 Å². The van der Waals surface area contributed by atoms with Crippen molar-refractivity contribution in [1.82, 2.24) is 0 Å². The van der Waals surface area contributed by atoms with Crippen molar-refractivity contribution in [2.75, 3.05) is 4.90 Å². The van der Waals surface area contributed by atoms with Crippen LogP contribution in [0.3, 0.4) is 0 Å². The maximum atomic E-state index is 2.45. The number of para-hydroxylation sites is 1. The summed E-state index contributed by atoms with van der Waals surface area (Å²) in [6.45, 7) is 4.72. The minimum atomic E-state index is -0.115. The molecule has 0 fully saturated rings. The van der Waals surface area contributed by atoms with Crippen molar-refractivity contribution in [2.24, 2.45) is 0 Å². The van der Waals surface area contributed by atoms with Gasteiger partial charge in [0.2, 0.25) is 0 Å². The second-order valence-corrected chi connectivity index (χ2v) is 15.4. The molecule has 10 rings (SSSR count). The molecule has 0 amide bonds. The van der Waals surface area contributed by atoms with Gasteiger partial charge in [0.1, 0.15) is 0 Å². The first-order chi connectivity index (χ1) is 27.5. The summed E-state index contributed by atoms with van der Waals surface area (Å²) in [4.78, 5) is 2.45. The number of benzene rings is 9. The van der Waals surface area contributed by atoms with Crippen LogP contribution in [0.15, 0.2) is 212 Å². The quantitative estimate of drug-likeness (QED) is 0.159. The fraction of sp³-hybridized carbons (Fsp3) is 0.0545. The molecule has 1 heteroatoms. The first-order valence-electron chi connectivity index (χ1n) is 19.5. The minimum absolute atomic E-state index is 0.115. The Kier molecular flexibility index (Phi) is 8.23. The molecule has 9 aromatic rings. The average molecular weight is 716 g/mol. The first kappa shape index (κ1) is 33.6. The van der Waals surface area contributed by atoms with Crippen LogP contribution in [0.25, 0.3) is 66.4 Å². The Labute approximate surface area is 329 Å². The van der Waals surface area contributed by atoms with Crippen LogP contribution in [0, 0.1) is 0 Å². The van der Waals surface area contributed by atoms with E-state index in [1.807, 2.05) is 0 Å². The van der Waals surface area contributed by atoms with Crippen LogP contribution < -0.4 is 4.90 Å². The zero-order valence-corrected chi connectivity index (χ0v) is 31.7. The van der Waals surface area contributed by atoms with Crippen LogP contribution >= 0.6 is 0 Å². The molecule has 0 aromatic heterocycles. The van der Waals surface area contributed by atoms with Gasteiger partial charge in [-0.1, -0.05) is 190 Å². The number of fused-ring (bicyclic) bond motifs is 4. The highest BCUT2D eigenvalue weighted by atomic mass is 15.1. The topological polar surface area (TPSA) is 3.24 Å². The van der Waals surface area contributed by atoms with Crippen molar-refractivity contribution in [3.63, 3.8) is 0 Å². The highest BCUT2D eigenvalue weighted by Gasteiger charge is 2.35. The predicted molar refractivity (Wildman–Crippen MR) is 238 cm³/mol. The molecule has 0 atom stereocenters. The summed E-state index contributed by atoms with van der Waals surface area (Å²) in [5, 5.41) is 2.51. The van der Waals surface area contributed by atoms with Gasteiger partial charge < -0.3 is 4.90 Å². The van der Waals surface area contributed by atoms with Crippen molar-refractivity contribution in [2.45, 2.75) is 19.3 Å². The minimum Gasteiger partial charge on any atom is -0.310 e. The van der Waals surface area contributed by atoms with Gasteiger partial charge in [0.25, 0.3) is 0 Å². The third-order valence-corrected chi connectivity index (χ3v) is 11.7. The number of nitrogens with zero attached hydrogens (tertiary/aromatic N) is 1. The molecule has 0 saturated carbocycles. The molecule has 0 bridgehead atoms. The molecule has 56 heavy (non-hydrogen) atoms. The van der Waals surface area contributed by atoms with E-state index in [-0.39, 0.29) is 5.41 Å². The maximum absolute atomic E-state index is 2.45. The third-order valence-electron chi connectivity index (χ3n) is 11.7. The highest BCUT2D eigenvalue weighted by Crippen LogP contribution is 2.51. The van der Waals surface area contributed by atoms with E-state index in [2.05, 4.69) is 231 Å². The Balaban J connectivity index is 1.10. The summed E-state index contributed by atoms with van der Waals surface area (Å²) in [6, 6.07) is 77.6. The molecule has 0 radical (unpaired) electrons. The smallest absolute Gasteiger partial charge is 0.0540 e. The van der Waals surface area contributed by atoms with E-state index in [9.17, 15) is 0 Å². The Morgan fingerprint density at radius 2 is 0.821 bits per heavy atom. The molecule has 0 aliphatic heterocycles. The van der Waals surface area contributed by atoms with Gasteiger partial charge in [-0.25, -0.2) is 0 Å². The summed E-state index contributed by atoms with van der Waals surface area (Å²) in [6.07, 6.45) is 0. The van der Waals surface area contributed by atoms with Gasteiger partial charge in [0.05, 0.1) is 5.69 Å². The lowest BCUT2D eigenvalue weighted by atomic mass is 9.82. The van der Waals surface area contributed by atoms with Crippen molar-refractivity contribution >= 4 is 27.8 Å². The average Bonchev–Trinajstić information content (AvgIpc) is 3.49. The normalized spacial score (nSPS) is 12.6. The van der Waals surface area contributed by atoms with Crippen molar-refractivity contribution in [3.8, 4) is 55.6 Å². The zero-order chi connectivity index (χ0) is 37.6. The lowest BCUT2D eigenvalue weighted by molar-refractivity contribution is 0.660. The van der Waals surface area contributed by atoms with E-state index in [1.54, 1.807) is 0 Å². The molecule has 0 unspecified atom stereocenters. The zero-order valence-electron chi connectivity index (χ0n) is 31.7. The van der Waals surface area contributed by atoms with E-state index < -0.39 is 0 Å². The molecule has 1 aliphatic carbocycles. The molecule has 0 heterocycles. The molecule has 266 valence electrons. The molecule has 0 saturated heterocycles. The third kappa shape index (κ3) is 5.81. The molecular formula is C55H41N. The number of anilines is 3. The fourth-order valence-corrected chi connectivity index (χ4v) is 8.79. The number of hydrogen-bond donors (Lipinski definition) is 0. The highest BCUT2D eigenvalue weighted by molar-refractivity contribution is 5.98. The van der Waals surface area contributed by atoms with Gasteiger partial charge in [-0.15, -0.1) is 0 Å². The summed E-state index contributed by atoms with van der Waals surface area (Å²) >= 11 is 0. The van der Waals surface area contributed by atoms with E-state index in [4.69, 9.17) is 0 Å². The van der Waals surface area contributed by atoms with Gasteiger partial charge in [-0.2, -0.15) is 0 Å². The van der Waals surface area contributed by atoms with Crippen LogP contribution in [0.4, 0.5) is 17.1 Å². The summed E-state index contributed by atoms with van der Waals surface area (Å²) < 4.78 is 0. The molecular weight excluding hydrogens is 675 g/mol. The number of rotatable bonds is 7. The van der Waals surface area contributed by atoms with Gasteiger partial charge in [0, 0.05) is 22.4 Å². The fourth-order valence-electron chi connectivity index (χ4n) is 8.79. The summed E-state index contributed by atoms with van der Waals surface area (Å²) in [7, 11) is 0. The standard InChI is InChI=1S/C55H41N/c1-55(2)52-24-10-8-22-50(52)51-35-34-46(37-53(51)55)56(45-32-30-41(31-33-45)40-28-26-39(27-29-40)38-14-4-3-5-15-38)54-25-11-9-21-49(54)44-19-12-18-43(36-44)48-23-13-17-42-16-6-7-20-47(42)48/h3-37H,1-2H3. The Bertz CT molecular complexity index is 2860. The van der Waals surface area contributed by atoms with E-state index >= 15 is 0 Å².